The number of aliphatic hydroxyl groups is 1. The lowest BCUT2D eigenvalue weighted by atomic mass is 10.1. The number of rotatable bonds is 2. The van der Waals surface area contributed by atoms with Gasteiger partial charge in [-0.25, -0.2) is 4.39 Å². The smallest absolute Gasteiger partial charge is 0.130 e. The predicted molar refractivity (Wildman–Crippen MR) is 53.1 cm³/mol. The van der Waals surface area contributed by atoms with Crippen LogP contribution in [0.3, 0.4) is 0 Å². The normalized spacial score (nSPS) is 13.0. The molecule has 0 heterocycles. The van der Waals surface area contributed by atoms with Crippen LogP contribution >= 0.6 is 27.5 Å². The molecule has 0 radical (unpaired) electrons. The zero-order valence-corrected chi connectivity index (χ0v) is 8.94. The van der Waals surface area contributed by atoms with Crippen LogP contribution in [0.5, 0.6) is 0 Å². The Morgan fingerprint density at radius 3 is 2.69 bits per heavy atom. The van der Waals surface area contributed by atoms with Crippen molar-refractivity contribution in [3.63, 3.8) is 0 Å². The van der Waals surface area contributed by atoms with E-state index in [2.05, 4.69) is 15.9 Å². The number of nitrogens with two attached hydrogens (primary N) is 1. The number of benzene rings is 1. The van der Waals surface area contributed by atoms with E-state index in [0.29, 0.717) is 9.50 Å². The minimum atomic E-state index is -0.730. The zero-order chi connectivity index (χ0) is 10.0. The molecule has 1 rings (SSSR count). The Kier molecular flexibility index (Phi) is 3.67. The second kappa shape index (κ2) is 4.37. The monoisotopic (exact) mass is 267 g/mol. The van der Waals surface area contributed by atoms with Crippen molar-refractivity contribution in [1.29, 1.82) is 0 Å². The Bertz CT molecular complexity index is 298. The largest absolute Gasteiger partial charge is 0.394 e. The van der Waals surface area contributed by atoms with Crippen LogP contribution in [0.4, 0.5) is 4.39 Å². The molecule has 13 heavy (non-hydrogen) atoms. The first kappa shape index (κ1) is 10.9. The summed E-state index contributed by atoms with van der Waals surface area (Å²) in [6.07, 6.45) is 0. The average molecular weight is 269 g/mol. The molecule has 0 saturated carbocycles. The highest BCUT2D eigenvalue weighted by Gasteiger charge is 2.15. The van der Waals surface area contributed by atoms with Crippen molar-refractivity contribution in [1.82, 2.24) is 0 Å². The fourth-order valence-electron chi connectivity index (χ4n) is 0.999. The molecule has 0 amide bonds. The Morgan fingerprint density at radius 2 is 2.23 bits per heavy atom. The predicted octanol–water partition coefficient (Wildman–Crippen LogP) is 2.23. The van der Waals surface area contributed by atoms with Crippen molar-refractivity contribution in [3.8, 4) is 0 Å². The maximum absolute atomic E-state index is 13.2. The lowest BCUT2D eigenvalue weighted by molar-refractivity contribution is 0.265. The molecule has 0 aliphatic rings. The fourth-order valence-corrected chi connectivity index (χ4v) is 2.07. The van der Waals surface area contributed by atoms with Crippen molar-refractivity contribution in [2.75, 3.05) is 6.61 Å². The molecule has 1 aromatic carbocycles. The summed E-state index contributed by atoms with van der Waals surface area (Å²) in [6.45, 7) is -0.308. The summed E-state index contributed by atoms with van der Waals surface area (Å²) in [4.78, 5) is 0. The lowest BCUT2D eigenvalue weighted by Crippen LogP contribution is -2.16. The highest BCUT2D eigenvalue weighted by Crippen LogP contribution is 2.28. The average Bonchev–Trinajstić information content (AvgIpc) is 2.02. The molecule has 0 bridgehead atoms. The summed E-state index contributed by atoms with van der Waals surface area (Å²) in [5.74, 6) is -0.513. The minimum absolute atomic E-state index is 0.243. The highest BCUT2D eigenvalue weighted by molar-refractivity contribution is 9.10. The van der Waals surface area contributed by atoms with Gasteiger partial charge in [0.15, 0.2) is 0 Å². The van der Waals surface area contributed by atoms with E-state index in [1.165, 1.54) is 6.07 Å². The van der Waals surface area contributed by atoms with Crippen LogP contribution in [-0.2, 0) is 0 Å². The molecule has 1 aromatic rings. The van der Waals surface area contributed by atoms with Crippen LogP contribution in [0.2, 0.25) is 5.02 Å². The van der Waals surface area contributed by atoms with Gasteiger partial charge in [-0.2, -0.15) is 0 Å². The molecular weight excluding hydrogens is 260 g/mol. The summed E-state index contributed by atoms with van der Waals surface area (Å²) in [6, 6.07) is 1.97. The third-order valence-corrected chi connectivity index (χ3v) is 2.49. The lowest BCUT2D eigenvalue weighted by Gasteiger charge is -2.12. The molecule has 0 aromatic heterocycles. The highest BCUT2D eigenvalue weighted by atomic mass is 79.9. The van der Waals surface area contributed by atoms with Crippen LogP contribution in [0.25, 0.3) is 0 Å². The third-order valence-electron chi connectivity index (χ3n) is 1.61. The molecule has 2 nitrogen and oxygen atoms in total. The second-order valence-corrected chi connectivity index (χ2v) is 3.86. The van der Waals surface area contributed by atoms with Crippen molar-refractivity contribution >= 4 is 27.5 Å². The molecule has 1 unspecified atom stereocenters. The summed E-state index contributed by atoms with van der Waals surface area (Å²) in [5, 5.41) is 9.05. The molecule has 0 aliphatic heterocycles. The van der Waals surface area contributed by atoms with Gasteiger partial charge in [0.25, 0.3) is 0 Å². The summed E-state index contributed by atoms with van der Waals surface area (Å²) < 4.78 is 13.7. The summed E-state index contributed by atoms with van der Waals surface area (Å²) in [7, 11) is 0. The van der Waals surface area contributed by atoms with Crippen molar-refractivity contribution in [2.24, 2.45) is 5.73 Å². The standard InChI is InChI=1S/C8H8BrClFNO/c9-5-1-4(10)2-6(11)8(5)7(12)3-13/h1-2,7,13H,3,12H2. The topological polar surface area (TPSA) is 46.2 Å². The molecule has 72 valence electrons. The van der Waals surface area contributed by atoms with Crippen LogP contribution in [0.1, 0.15) is 11.6 Å². The Labute approximate surface area is 88.6 Å². The quantitative estimate of drug-likeness (QED) is 0.864. The van der Waals surface area contributed by atoms with Gasteiger partial charge in [0, 0.05) is 15.1 Å². The van der Waals surface area contributed by atoms with Gasteiger partial charge < -0.3 is 10.8 Å². The molecule has 0 aliphatic carbocycles. The molecule has 0 fully saturated rings. The third kappa shape index (κ3) is 2.40. The number of hydrogen-bond donors (Lipinski definition) is 2. The molecule has 0 saturated heterocycles. The van der Waals surface area contributed by atoms with Gasteiger partial charge in [-0.05, 0) is 12.1 Å². The van der Waals surface area contributed by atoms with Gasteiger partial charge >= 0.3 is 0 Å². The summed E-state index contributed by atoms with van der Waals surface area (Å²) >= 11 is 8.72. The van der Waals surface area contributed by atoms with Crippen LogP contribution in [0.15, 0.2) is 16.6 Å². The first-order valence-electron chi connectivity index (χ1n) is 3.57. The SMILES string of the molecule is NC(CO)c1c(F)cc(Cl)cc1Br. The van der Waals surface area contributed by atoms with Gasteiger partial charge in [-0.3, -0.25) is 0 Å². The Morgan fingerprint density at radius 1 is 1.62 bits per heavy atom. The summed E-state index contributed by atoms with van der Waals surface area (Å²) in [5.41, 5.74) is 5.73. The molecule has 3 N–H and O–H groups in total. The van der Waals surface area contributed by atoms with E-state index in [1.54, 1.807) is 0 Å². The maximum atomic E-state index is 13.2. The van der Waals surface area contributed by atoms with Crippen LogP contribution in [0, 0.1) is 5.82 Å². The van der Waals surface area contributed by atoms with Gasteiger partial charge in [0.1, 0.15) is 5.82 Å². The number of hydrogen-bond acceptors (Lipinski definition) is 2. The molecule has 0 spiro atoms. The minimum Gasteiger partial charge on any atom is -0.394 e. The Balaban J connectivity index is 3.20. The van der Waals surface area contributed by atoms with E-state index in [-0.39, 0.29) is 12.2 Å². The second-order valence-electron chi connectivity index (χ2n) is 2.57. The van der Waals surface area contributed by atoms with E-state index in [1.807, 2.05) is 0 Å². The van der Waals surface area contributed by atoms with E-state index >= 15 is 0 Å². The van der Waals surface area contributed by atoms with Crippen molar-refractivity contribution in [2.45, 2.75) is 6.04 Å². The van der Waals surface area contributed by atoms with Crippen LogP contribution < -0.4 is 5.73 Å². The maximum Gasteiger partial charge on any atom is 0.130 e. The first-order valence-corrected chi connectivity index (χ1v) is 4.74. The van der Waals surface area contributed by atoms with Gasteiger partial charge in [-0.15, -0.1) is 0 Å². The number of halogens is 3. The van der Waals surface area contributed by atoms with Crippen molar-refractivity contribution in [3.05, 3.63) is 33.0 Å². The molecule has 5 heteroatoms. The van der Waals surface area contributed by atoms with E-state index < -0.39 is 11.9 Å². The van der Waals surface area contributed by atoms with Gasteiger partial charge in [-0.1, -0.05) is 27.5 Å². The van der Waals surface area contributed by atoms with E-state index in [4.69, 9.17) is 22.4 Å². The van der Waals surface area contributed by atoms with Gasteiger partial charge in [0.2, 0.25) is 0 Å². The first-order chi connectivity index (χ1) is 6.06. The number of aliphatic hydroxyl groups excluding tert-OH is 1. The fraction of sp³-hybridized carbons (Fsp3) is 0.250. The zero-order valence-electron chi connectivity index (χ0n) is 6.60. The van der Waals surface area contributed by atoms with Crippen LogP contribution in [-0.4, -0.2) is 11.7 Å². The van der Waals surface area contributed by atoms with Gasteiger partial charge in [0.05, 0.1) is 12.6 Å². The Hall–Kier alpha value is -0.160. The van der Waals surface area contributed by atoms with Crippen molar-refractivity contribution < 1.29 is 9.50 Å². The molecular formula is C8H8BrClFNO. The molecule has 1 atom stereocenters. The van der Waals surface area contributed by atoms with E-state index in [9.17, 15) is 4.39 Å². The van der Waals surface area contributed by atoms with E-state index in [0.717, 1.165) is 6.07 Å².